The third-order valence-electron chi connectivity index (χ3n) is 5.15. The van der Waals surface area contributed by atoms with E-state index in [0.717, 1.165) is 5.69 Å². The number of ether oxygens (including phenoxy) is 3. The Hall–Kier alpha value is -2.41. The standard InChI is InChI=1S/C18H19NO6/c1-10(20)23-16-14-8-13-15(16)18(25-14,24-11(2)21)9-19(17(13)22)12-6-4-3-5-7-12/h3-7,13-16H,8-9H2,1-2H3/t13-,14-,15+,16+,18+/m1/s1. The minimum atomic E-state index is -1.27. The molecule has 7 nitrogen and oxygen atoms in total. The third kappa shape index (κ3) is 2.41. The van der Waals surface area contributed by atoms with Crippen LogP contribution in [0, 0.1) is 11.8 Å². The summed E-state index contributed by atoms with van der Waals surface area (Å²) >= 11 is 0. The van der Waals surface area contributed by atoms with E-state index < -0.39 is 41.8 Å². The van der Waals surface area contributed by atoms with Crippen molar-refractivity contribution in [2.75, 3.05) is 11.4 Å². The zero-order chi connectivity index (χ0) is 17.8. The van der Waals surface area contributed by atoms with Gasteiger partial charge in [0.2, 0.25) is 11.7 Å². The molecule has 1 aromatic carbocycles. The monoisotopic (exact) mass is 345 g/mol. The number of nitrogens with zero attached hydrogens (tertiary/aromatic N) is 1. The Morgan fingerprint density at radius 1 is 1.20 bits per heavy atom. The average Bonchev–Trinajstić information content (AvgIpc) is 3.03. The Morgan fingerprint density at radius 3 is 2.56 bits per heavy atom. The smallest absolute Gasteiger partial charge is 0.305 e. The lowest BCUT2D eigenvalue weighted by molar-refractivity contribution is -0.257. The number of anilines is 1. The number of rotatable bonds is 3. The predicted octanol–water partition coefficient (Wildman–Crippen LogP) is 1.26. The maximum atomic E-state index is 13.0. The minimum Gasteiger partial charge on any atom is -0.459 e. The third-order valence-corrected chi connectivity index (χ3v) is 5.15. The number of para-hydroxylation sites is 1. The van der Waals surface area contributed by atoms with Crippen molar-refractivity contribution in [2.24, 2.45) is 11.8 Å². The van der Waals surface area contributed by atoms with Crippen LogP contribution in [0.1, 0.15) is 20.3 Å². The number of esters is 2. The SMILES string of the molecule is CC(=O)O[C@@H]1[C@@H]2[C@H]3C[C@H]1O[C@@]2(OC(C)=O)CN(c1ccccc1)C3=O. The summed E-state index contributed by atoms with van der Waals surface area (Å²) in [7, 11) is 0. The summed E-state index contributed by atoms with van der Waals surface area (Å²) < 4.78 is 17.0. The van der Waals surface area contributed by atoms with Gasteiger partial charge in [-0.25, -0.2) is 0 Å². The highest BCUT2D eigenvalue weighted by Gasteiger charge is 2.71. The van der Waals surface area contributed by atoms with Crippen LogP contribution in [-0.4, -0.2) is 42.4 Å². The molecule has 3 fully saturated rings. The Bertz CT molecular complexity index is 734. The second-order valence-corrected chi connectivity index (χ2v) is 6.76. The highest BCUT2D eigenvalue weighted by molar-refractivity contribution is 5.97. The molecule has 0 radical (unpaired) electrons. The molecule has 1 aromatic rings. The summed E-state index contributed by atoms with van der Waals surface area (Å²) in [4.78, 5) is 37.8. The van der Waals surface area contributed by atoms with Crippen molar-refractivity contribution in [2.45, 2.75) is 38.3 Å². The van der Waals surface area contributed by atoms with Gasteiger partial charge in [0.15, 0.2) is 0 Å². The molecule has 4 rings (SSSR count). The second-order valence-electron chi connectivity index (χ2n) is 6.76. The largest absolute Gasteiger partial charge is 0.459 e. The summed E-state index contributed by atoms with van der Waals surface area (Å²) in [5.74, 6) is -3.13. The molecule has 0 spiro atoms. The van der Waals surface area contributed by atoms with E-state index in [0.29, 0.717) is 6.42 Å². The van der Waals surface area contributed by atoms with Crippen LogP contribution in [0.15, 0.2) is 30.3 Å². The number of carbonyl (C=O) groups excluding carboxylic acids is 3. The van der Waals surface area contributed by atoms with Gasteiger partial charge >= 0.3 is 11.9 Å². The first-order valence-corrected chi connectivity index (χ1v) is 8.32. The van der Waals surface area contributed by atoms with E-state index in [4.69, 9.17) is 14.2 Å². The summed E-state index contributed by atoms with van der Waals surface area (Å²) in [6.07, 6.45) is -0.544. The quantitative estimate of drug-likeness (QED) is 0.767. The fourth-order valence-corrected chi connectivity index (χ4v) is 4.43. The maximum Gasteiger partial charge on any atom is 0.305 e. The molecule has 0 aromatic heterocycles. The molecule has 2 heterocycles. The lowest BCUT2D eigenvalue weighted by atomic mass is 9.81. The van der Waals surface area contributed by atoms with Crippen LogP contribution in [0.3, 0.4) is 0 Å². The molecule has 1 aliphatic carbocycles. The highest BCUT2D eigenvalue weighted by atomic mass is 16.7. The van der Waals surface area contributed by atoms with E-state index in [1.54, 1.807) is 4.90 Å². The van der Waals surface area contributed by atoms with E-state index in [-0.39, 0.29) is 12.5 Å². The van der Waals surface area contributed by atoms with Crippen LogP contribution in [0.2, 0.25) is 0 Å². The maximum absolute atomic E-state index is 13.0. The van der Waals surface area contributed by atoms with Crippen molar-refractivity contribution < 1.29 is 28.6 Å². The van der Waals surface area contributed by atoms with Gasteiger partial charge < -0.3 is 19.1 Å². The lowest BCUT2D eigenvalue weighted by Crippen LogP contribution is -2.63. The zero-order valence-corrected chi connectivity index (χ0v) is 14.0. The molecule has 25 heavy (non-hydrogen) atoms. The fraction of sp³-hybridized carbons (Fsp3) is 0.500. The number of amides is 1. The zero-order valence-electron chi connectivity index (χ0n) is 14.0. The average molecular weight is 345 g/mol. The molecule has 7 heteroatoms. The normalized spacial score (nSPS) is 35.6. The molecule has 0 N–H and O–H groups in total. The van der Waals surface area contributed by atoms with Crippen LogP contribution < -0.4 is 4.90 Å². The number of hydrogen-bond donors (Lipinski definition) is 0. The predicted molar refractivity (Wildman–Crippen MR) is 85.3 cm³/mol. The second kappa shape index (κ2) is 5.56. The molecule has 1 amide bonds. The van der Waals surface area contributed by atoms with E-state index in [2.05, 4.69) is 0 Å². The van der Waals surface area contributed by atoms with Crippen LogP contribution >= 0.6 is 0 Å². The summed E-state index contributed by atoms with van der Waals surface area (Å²) in [5, 5.41) is 0. The van der Waals surface area contributed by atoms with Crippen molar-refractivity contribution in [3.8, 4) is 0 Å². The number of fused-ring (bicyclic) bond motifs is 1. The number of carbonyl (C=O) groups is 3. The number of hydrogen-bond acceptors (Lipinski definition) is 6. The van der Waals surface area contributed by atoms with E-state index in [1.165, 1.54) is 13.8 Å². The van der Waals surface area contributed by atoms with Gasteiger partial charge in [0.25, 0.3) is 0 Å². The first-order valence-electron chi connectivity index (χ1n) is 8.32. The van der Waals surface area contributed by atoms with Gasteiger partial charge in [0.1, 0.15) is 12.2 Å². The van der Waals surface area contributed by atoms with Crippen molar-refractivity contribution in [3.05, 3.63) is 30.3 Å². The number of piperidine rings is 1. The summed E-state index contributed by atoms with van der Waals surface area (Å²) in [6.45, 7) is 2.72. The highest BCUT2D eigenvalue weighted by Crippen LogP contribution is 2.56. The Labute approximate surface area is 144 Å². The molecular weight excluding hydrogens is 326 g/mol. The molecular formula is C18H19NO6. The Balaban J connectivity index is 1.72. The first-order chi connectivity index (χ1) is 11.9. The first kappa shape index (κ1) is 16.1. The van der Waals surface area contributed by atoms with Gasteiger partial charge in [-0.05, 0) is 18.6 Å². The van der Waals surface area contributed by atoms with Crippen LogP contribution in [0.25, 0.3) is 0 Å². The van der Waals surface area contributed by atoms with E-state index in [1.807, 2.05) is 30.3 Å². The van der Waals surface area contributed by atoms with Gasteiger partial charge in [0, 0.05) is 19.5 Å². The Kier molecular flexibility index (Phi) is 3.57. The minimum absolute atomic E-state index is 0.0538. The fourth-order valence-electron chi connectivity index (χ4n) is 4.43. The van der Waals surface area contributed by atoms with Crippen molar-refractivity contribution >= 4 is 23.5 Å². The van der Waals surface area contributed by atoms with E-state index in [9.17, 15) is 14.4 Å². The summed E-state index contributed by atoms with van der Waals surface area (Å²) in [6, 6.07) is 9.20. The number of benzene rings is 1. The molecule has 2 aliphatic heterocycles. The van der Waals surface area contributed by atoms with Crippen LogP contribution in [0.5, 0.6) is 0 Å². The van der Waals surface area contributed by atoms with Gasteiger partial charge in [-0.15, -0.1) is 0 Å². The Morgan fingerprint density at radius 2 is 1.92 bits per heavy atom. The van der Waals surface area contributed by atoms with Crippen molar-refractivity contribution in [3.63, 3.8) is 0 Å². The molecule has 5 atom stereocenters. The van der Waals surface area contributed by atoms with Gasteiger partial charge in [-0.3, -0.25) is 14.4 Å². The molecule has 0 unspecified atom stereocenters. The van der Waals surface area contributed by atoms with Crippen molar-refractivity contribution in [1.29, 1.82) is 0 Å². The molecule has 132 valence electrons. The van der Waals surface area contributed by atoms with Crippen LogP contribution in [-0.2, 0) is 28.6 Å². The molecule has 3 aliphatic rings. The molecule has 1 saturated carbocycles. The topological polar surface area (TPSA) is 82.1 Å². The lowest BCUT2D eigenvalue weighted by Gasteiger charge is -2.47. The molecule has 2 saturated heterocycles. The van der Waals surface area contributed by atoms with Gasteiger partial charge in [0.05, 0.1) is 18.4 Å². The van der Waals surface area contributed by atoms with Gasteiger partial charge in [-0.2, -0.15) is 0 Å². The molecule has 2 bridgehead atoms. The van der Waals surface area contributed by atoms with Crippen LogP contribution in [0.4, 0.5) is 5.69 Å². The van der Waals surface area contributed by atoms with E-state index >= 15 is 0 Å². The van der Waals surface area contributed by atoms with Gasteiger partial charge in [-0.1, -0.05) is 18.2 Å². The van der Waals surface area contributed by atoms with Crippen molar-refractivity contribution in [1.82, 2.24) is 0 Å². The summed E-state index contributed by atoms with van der Waals surface area (Å²) in [5.41, 5.74) is 0.723.